The van der Waals surface area contributed by atoms with Gasteiger partial charge in [0.1, 0.15) is 5.75 Å². The van der Waals surface area contributed by atoms with E-state index in [1.54, 1.807) is 18.4 Å². The molecule has 1 heterocycles. The minimum atomic E-state index is 0.0452. The Kier molecular flexibility index (Phi) is 5.98. The highest BCUT2D eigenvalue weighted by Gasteiger charge is 2.08. The molecule has 2 rings (SSSR count). The molecule has 118 valence electrons. The van der Waals surface area contributed by atoms with Crippen LogP contribution in [-0.2, 0) is 17.9 Å². The number of hydrogen-bond acceptors (Lipinski definition) is 4. The van der Waals surface area contributed by atoms with Crippen molar-refractivity contribution in [3.8, 4) is 5.75 Å². The number of methoxy groups -OCH3 is 1. The van der Waals surface area contributed by atoms with Crippen LogP contribution in [0.1, 0.15) is 16.0 Å². The maximum atomic E-state index is 12.0. The van der Waals surface area contributed by atoms with E-state index in [9.17, 15) is 4.79 Å². The van der Waals surface area contributed by atoms with Gasteiger partial charge in [-0.1, -0.05) is 12.1 Å². The van der Waals surface area contributed by atoms with E-state index in [1.807, 2.05) is 41.6 Å². The van der Waals surface area contributed by atoms with Crippen LogP contribution in [0, 0.1) is 6.92 Å². The molecule has 1 N–H and O–H groups in total. The van der Waals surface area contributed by atoms with Gasteiger partial charge in [0, 0.05) is 11.4 Å². The molecule has 1 aromatic carbocycles. The topological polar surface area (TPSA) is 41.6 Å². The highest BCUT2D eigenvalue weighted by molar-refractivity contribution is 7.10. The number of nitrogens with one attached hydrogen (secondary N) is 1. The van der Waals surface area contributed by atoms with Crippen molar-refractivity contribution < 1.29 is 9.53 Å². The first-order chi connectivity index (χ1) is 10.6. The van der Waals surface area contributed by atoms with E-state index in [4.69, 9.17) is 4.74 Å². The lowest BCUT2D eigenvalue weighted by Crippen LogP contribution is -2.34. The van der Waals surface area contributed by atoms with Crippen LogP contribution in [0.15, 0.2) is 35.7 Å². The number of carbonyl (C=O) groups excluding carboxylic acids is 1. The van der Waals surface area contributed by atoms with Gasteiger partial charge in [-0.25, -0.2) is 0 Å². The number of hydrogen-bond donors (Lipinski definition) is 1. The highest BCUT2D eigenvalue weighted by atomic mass is 32.1. The number of nitrogens with zero attached hydrogens (tertiary/aromatic N) is 1. The Hall–Kier alpha value is -1.85. The fourth-order valence-corrected chi connectivity index (χ4v) is 3.01. The van der Waals surface area contributed by atoms with Crippen molar-refractivity contribution in [1.82, 2.24) is 10.2 Å². The quantitative estimate of drug-likeness (QED) is 0.853. The summed E-state index contributed by atoms with van der Waals surface area (Å²) < 4.78 is 5.14. The van der Waals surface area contributed by atoms with Crippen molar-refractivity contribution in [2.45, 2.75) is 20.0 Å². The number of thiophene rings is 1. The predicted molar refractivity (Wildman–Crippen MR) is 90.2 cm³/mol. The van der Waals surface area contributed by atoms with Gasteiger partial charge in [0.2, 0.25) is 5.91 Å². The molecule has 0 spiro atoms. The van der Waals surface area contributed by atoms with Gasteiger partial charge >= 0.3 is 0 Å². The summed E-state index contributed by atoms with van der Waals surface area (Å²) >= 11 is 1.68. The van der Waals surface area contributed by atoms with E-state index < -0.39 is 0 Å². The maximum absolute atomic E-state index is 12.0. The number of benzene rings is 1. The lowest BCUT2D eigenvalue weighted by Gasteiger charge is -2.16. The molecule has 0 fully saturated rings. The van der Waals surface area contributed by atoms with Crippen LogP contribution in [0.4, 0.5) is 0 Å². The number of likely N-dealkylation sites (N-methyl/N-ethyl adjacent to an activating group) is 1. The van der Waals surface area contributed by atoms with Crippen LogP contribution in [0.2, 0.25) is 0 Å². The van der Waals surface area contributed by atoms with Gasteiger partial charge in [-0.15, -0.1) is 11.3 Å². The summed E-state index contributed by atoms with van der Waals surface area (Å²) in [5, 5.41) is 5.02. The summed E-state index contributed by atoms with van der Waals surface area (Å²) in [6.07, 6.45) is 0. The molecule has 0 aliphatic carbocycles. The molecule has 1 amide bonds. The lowest BCUT2D eigenvalue weighted by molar-refractivity contribution is -0.122. The second-order valence-corrected chi connectivity index (χ2v) is 6.32. The van der Waals surface area contributed by atoms with Crippen LogP contribution in [0.3, 0.4) is 0 Å². The van der Waals surface area contributed by atoms with Crippen molar-refractivity contribution >= 4 is 17.2 Å². The monoisotopic (exact) mass is 318 g/mol. The van der Waals surface area contributed by atoms with Crippen molar-refractivity contribution in [2.24, 2.45) is 0 Å². The predicted octanol–water partition coefficient (Wildman–Crippen LogP) is 2.81. The standard InChI is InChI=1S/C17H22N2O2S/c1-13-8-9-22-16(13)10-18-17(20)12-19(2)11-14-4-6-15(21-3)7-5-14/h4-9H,10-12H2,1-3H3,(H,18,20). The van der Waals surface area contributed by atoms with Crippen LogP contribution in [0.5, 0.6) is 5.75 Å². The van der Waals surface area contributed by atoms with Gasteiger partial charge in [-0.3, -0.25) is 9.69 Å². The van der Waals surface area contributed by atoms with Gasteiger partial charge in [0.25, 0.3) is 0 Å². The first-order valence-corrected chi connectivity index (χ1v) is 8.07. The molecule has 0 atom stereocenters. The normalized spacial score (nSPS) is 10.7. The third-order valence-corrected chi connectivity index (χ3v) is 4.46. The van der Waals surface area contributed by atoms with Crippen LogP contribution >= 0.6 is 11.3 Å². The van der Waals surface area contributed by atoms with Crippen LogP contribution in [-0.4, -0.2) is 31.5 Å². The zero-order valence-electron chi connectivity index (χ0n) is 13.3. The Labute approximate surface area is 135 Å². The molecule has 0 unspecified atom stereocenters. The van der Waals surface area contributed by atoms with E-state index in [0.717, 1.165) is 17.9 Å². The SMILES string of the molecule is COc1ccc(CN(C)CC(=O)NCc2sccc2C)cc1. The maximum Gasteiger partial charge on any atom is 0.234 e. The molecule has 0 bridgehead atoms. The minimum Gasteiger partial charge on any atom is -0.497 e. The molecule has 0 radical (unpaired) electrons. The first-order valence-electron chi connectivity index (χ1n) is 7.19. The fraction of sp³-hybridized carbons (Fsp3) is 0.353. The molecule has 0 saturated heterocycles. The van der Waals surface area contributed by atoms with Gasteiger partial charge in [-0.2, -0.15) is 0 Å². The van der Waals surface area contributed by atoms with E-state index >= 15 is 0 Å². The molecule has 22 heavy (non-hydrogen) atoms. The summed E-state index contributed by atoms with van der Waals surface area (Å²) in [7, 11) is 3.60. The zero-order valence-corrected chi connectivity index (χ0v) is 14.1. The number of rotatable bonds is 7. The number of carbonyl (C=O) groups is 1. The van der Waals surface area contributed by atoms with Crippen molar-refractivity contribution in [3.05, 3.63) is 51.7 Å². The summed E-state index contributed by atoms with van der Waals surface area (Å²) in [5.74, 6) is 0.888. The Bertz CT molecular complexity index is 607. The van der Waals surface area contributed by atoms with Gasteiger partial charge in [0.05, 0.1) is 20.2 Å². The Balaban J connectivity index is 1.77. The average Bonchev–Trinajstić information content (AvgIpc) is 2.91. The van der Waals surface area contributed by atoms with Crippen LogP contribution in [0.25, 0.3) is 0 Å². The molecule has 0 saturated carbocycles. The van der Waals surface area contributed by atoms with E-state index in [1.165, 1.54) is 10.4 Å². The van der Waals surface area contributed by atoms with Gasteiger partial charge in [0.15, 0.2) is 0 Å². The fourth-order valence-electron chi connectivity index (χ4n) is 2.16. The summed E-state index contributed by atoms with van der Waals surface area (Å²) in [4.78, 5) is 15.2. The largest absolute Gasteiger partial charge is 0.497 e. The minimum absolute atomic E-state index is 0.0452. The van der Waals surface area contributed by atoms with Crippen molar-refractivity contribution in [2.75, 3.05) is 20.7 Å². The van der Waals surface area contributed by atoms with E-state index in [2.05, 4.69) is 18.3 Å². The summed E-state index contributed by atoms with van der Waals surface area (Å²) in [5.41, 5.74) is 2.39. The third-order valence-electron chi connectivity index (χ3n) is 3.44. The Morgan fingerprint density at radius 2 is 2.00 bits per heavy atom. The molecule has 1 aromatic heterocycles. The Morgan fingerprint density at radius 1 is 1.27 bits per heavy atom. The zero-order chi connectivity index (χ0) is 15.9. The number of amides is 1. The van der Waals surface area contributed by atoms with Crippen molar-refractivity contribution in [3.63, 3.8) is 0 Å². The molecule has 4 nitrogen and oxygen atoms in total. The highest BCUT2D eigenvalue weighted by Crippen LogP contribution is 2.15. The first kappa shape index (κ1) is 16.5. The summed E-state index contributed by atoms with van der Waals surface area (Å²) in [6, 6.07) is 9.97. The average molecular weight is 318 g/mol. The Morgan fingerprint density at radius 3 is 2.59 bits per heavy atom. The second kappa shape index (κ2) is 7.96. The van der Waals surface area contributed by atoms with Crippen LogP contribution < -0.4 is 10.1 Å². The van der Waals surface area contributed by atoms with E-state index in [-0.39, 0.29) is 5.91 Å². The molecule has 5 heteroatoms. The number of ether oxygens (including phenoxy) is 1. The molecular formula is C17H22N2O2S. The van der Waals surface area contributed by atoms with E-state index in [0.29, 0.717) is 13.1 Å². The smallest absolute Gasteiger partial charge is 0.234 e. The molecule has 0 aliphatic rings. The van der Waals surface area contributed by atoms with Gasteiger partial charge in [-0.05, 0) is 48.7 Å². The third kappa shape index (κ3) is 4.86. The molecule has 0 aliphatic heterocycles. The summed E-state index contributed by atoms with van der Waals surface area (Å²) in [6.45, 7) is 3.79. The number of aryl methyl sites for hydroxylation is 1. The lowest BCUT2D eigenvalue weighted by atomic mass is 10.2. The second-order valence-electron chi connectivity index (χ2n) is 5.32. The molecule has 2 aromatic rings. The van der Waals surface area contributed by atoms with Crippen molar-refractivity contribution in [1.29, 1.82) is 0 Å². The van der Waals surface area contributed by atoms with Gasteiger partial charge < -0.3 is 10.1 Å². The molecular weight excluding hydrogens is 296 g/mol.